The van der Waals surface area contributed by atoms with Crippen LogP contribution in [0.4, 0.5) is 0 Å². The number of nitrogens with zero attached hydrogens (tertiary/aromatic N) is 5. The molecule has 0 spiro atoms. The number of aryl methyl sites for hydroxylation is 2. The Kier molecular flexibility index (Phi) is 10.6. The third-order valence-electron chi connectivity index (χ3n) is 8.13. The summed E-state index contributed by atoms with van der Waals surface area (Å²) in [5.41, 5.74) is 5.00. The molecule has 0 aliphatic carbocycles. The average molecular weight is 734 g/mol. The highest BCUT2D eigenvalue weighted by molar-refractivity contribution is 7.98. The van der Waals surface area contributed by atoms with E-state index in [0.717, 1.165) is 22.1 Å². The molecule has 0 saturated carbocycles. The van der Waals surface area contributed by atoms with Crippen LogP contribution in [-0.4, -0.2) is 57.9 Å². The molecule has 0 saturated heterocycles. The predicted molar refractivity (Wildman–Crippen MR) is 204 cm³/mol. The summed E-state index contributed by atoms with van der Waals surface area (Å²) in [5, 5.41) is 10.4. The van der Waals surface area contributed by atoms with E-state index in [0.29, 0.717) is 51.2 Å². The van der Waals surface area contributed by atoms with Gasteiger partial charge in [0, 0.05) is 36.7 Å². The summed E-state index contributed by atoms with van der Waals surface area (Å²) < 4.78 is 55.7. The van der Waals surface area contributed by atoms with Crippen LogP contribution in [0.15, 0.2) is 75.0 Å². The maximum atomic E-state index is 14.1. The first-order valence-corrected chi connectivity index (χ1v) is 23.4. The van der Waals surface area contributed by atoms with Crippen molar-refractivity contribution in [2.24, 2.45) is 4.40 Å². The summed E-state index contributed by atoms with van der Waals surface area (Å²) in [6, 6.07) is 19.0. The summed E-state index contributed by atoms with van der Waals surface area (Å²) >= 11 is -0.217. The van der Waals surface area contributed by atoms with Crippen molar-refractivity contribution in [1.29, 1.82) is 5.26 Å². The van der Waals surface area contributed by atoms with Crippen LogP contribution in [-0.2, 0) is 32.9 Å². The second-order valence-corrected chi connectivity index (χ2v) is 24.5. The molecule has 0 radical (unpaired) electrons. The molecule has 258 valence electrons. The van der Waals surface area contributed by atoms with Crippen molar-refractivity contribution in [3.63, 3.8) is 0 Å². The van der Waals surface area contributed by atoms with Crippen LogP contribution in [0.2, 0.25) is 25.7 Å². The lowest BCUT2D eigenvalue weighted by molar-refractivity contribution is 0.0895. The zero-order chi connectivity index (χ0) is 35.9. The van der Waals surface area contributed by atoms with Gasteiger partial charge in [-0.3, -0.25) is 4.57 Å². The number of hydrogen-bond acceptors (Lipinski definition) is 8. The van der Waals surface area contributed by atoms with Gasteiger partial charge in [0.25, 0.3) is 10.0 Å². The highest BCUT2D eigenvalue weighted by atomic mass is 32.2. The first-order valence-electron chi connectivity index (χ1n) is 16.0. The smallest absolute Gasteiger partial charge is 0.268 e. The Labute approximate surface area is 297 Å². The lowest BCUT2D eigenvalue weighted by Crippen LogP contribution is -2.28. The Balaban J connectivity index is 1.82. The van der Waals surface area contributed by atoms with Gasteiger partial charge in [-0.15, -0.1) is 11.8 Å². The highest BCUT2D eigenvalue weighted by Gasteiger charge is 2.33. The van der Waals surface area contributed by atoms with Crippen molar-refractivity contribution < 1.29 is 17.7 Å². The number of nitriles is 1. The standard InChI is InChI=1S/C36H43N5O4S3Si/c1-24-10-13-27(14-11-24)48(43,44)41-17-16-28-32(31(46-6)20-25(2)34(28)41)33(39-47(42)36(3,4)5)35-38-29-15-12-26(22-37)21-30(29)40(35)23-45-18-19-49(7,8)9/h10-17,20-21H,18-19,23H2,1-9H3/b39-33-. The second kappa shape index (κ2) is 14.1. The Bertz CT molecular complexity index is 2200. The molecular weight excluding hydrogens is 691 g/mol. The molecule has 0 aliphatic rings. The molecule has 49 heavy (non-hydrogen) atoms. The van der Waals surface area contributed by atoms with Gasteiger partial charge in [0.2, 0.25) is 0 Å². The maximum Gasteiger partial charge on any atom is 0.268 e. The Morgan fingerprint density at radius 2 is 1.80 bits per heavy atom. The minimum absolute atomic E-state index is 0.138. The number of thioether (sulfide) groups is 1. The molecule has 5 aromatic rings. The van der Waals surface area contributed by atoms with E-state index in [2.05, 4.69) is 25.7 Å². The molecule has 1 unspecified atom stereocenters. The van der Waals surface area contributed by atoms with Gasteiger partial charge in [0.15, 0.2) is 11.5 Å². The van der Waals surface area contributed by atoms with Crippen molar-refractivity contribution in [1.82, 2.24) is 13.5 Å². The third kappa shape index (κ3) is 7.70. The van der Waals surface area contributed by atoms with Crippen LogP contribution in [0.1, 0.15) is 48.8 Å². The number of ether oxygens (including phenoxy) is 1. The SMILES string of the molecule is CSc1cc(C)c2c(ccn2S(=O)(=O)c2ccc(C)cc2)c1/C(=N/[S+]([O-])C(C)(C)C)c1nc2ccc(C#N)cc2n1COCC[Si](C)(C)C. The molecule has 3 aromatic carbocycles. The van der Waals surface area contributed by atoms with Crippen LogP contribution >= 0.6 is 11.8 Å². The van der Waals surface area contributed by atoms with Gasteiger partial charge >= 0.3 is 0 Å². The number of rotatable bonds is 11. The summed E-state index contributed by atoms with van der Waals surface area (Å²) in [7, 11) is -5.33. The molecule has 1 atom stereocenters. The van der Waals surface area contributed by atoms with E-state index in [1.165, 1.54) is 15.7 Å². The van der Waals surface area contributed by atoms with E-state index in [9.17, 15) is 18.2 Å². The van der Waals surface area contributed by atoms with Crippen molar-refractivity contribution >= 4 is 68.9 Å². The van der Waals surface area contributed by atoms with Crippen molar-refractivity contribution in [2.45, 2.75) is 81.6 Å². The molecule has 13 heteroatoms. The van der Waals surface area contributed by atoms with Gasteiger partial charge in [-0.2, -0.15) is 5.26 Å². The number of aromatic nitrogens is 3. The van der Waals surface area contributed by atoms with E-state index in [1.54, 1.807) is 54.7 Å². The zero-order valence-electron chi connectivity index (χ0n) is 29.5. The van der Waals surface area contributed by atoms with Crippen molar-refractivity contribution in [2.75, 3.05) is 12.9 Å². The second-order valence-electron chi connectivity index (χ2n) is 14.3. The van der Waals surface area contributed by atoms with E-state index < -0.39 is 34.2 Å². The van der Waals surface area contributed by atoms with Gasteiger partial charge in [-0.25, -0.2) is 17.4 Å². The normalized spacial score (nSPS) is 13.7. The largest absolute Gasteiger partial charge is 0.591 e. The number of fused-ring (bicyclic) bond motifs is 2. The van der Waals surface area contributed by atoms with Crippen LogP contribution in [0.25, 0.3) is 21.9 Å². The third-order valence-corrected chi connectivity index (χ3v) is 13.7. The molecule has 0 fully saturated rings. The molecule has 2 aromatic heterocycles. The van der Waals surface area contributed by atoms with E-state index in [4.69, 9.17) is 14.1 Å². The molecule has 2 heterocycles. The Hall–Kier alpha value is -3.38. The van der Waals surface area contributed by atoms with Gasteiger partial charge in [-0.05, 0) is 94.9 Å². The predicted octanol–water partition coefficient (Wildman–Crippen LogP) is 8.05. The van der Waals surface area contributed by atoms with Crippen molar-refractivity contribution in [3.8, 4) is 6.07 Å². The molecular formula is C36H43N5O4S3Si. The van der Waals surface area contributed by atoms with Crippen LogP contribution < -0.4 is 0 Å². The van der Waals surface area contributed by atoms with Crippen LogP contribution in [0.5, 0.6) is 0 Å². The van der Waals surface area contributed by atoms with Crippen molar-refractivity contribution in [3.05, 3.63) is 88.9 Å². The zero-order valence-corrected chi connectivity index (χ0v) is 32.9. The van der Waals surface area contributed by atoms with Crippen LogP contribution in [0, 0.1) is 25.2 Å². The fraction of sp³-hybridized carbons (Fsp3) is 0.361. The fourth-order valence-electron chi connectivity index (χ4n) is 5.36. The number of hydrogen-bond donors (Lipinski definition) is 0. The topological polar surface area (TPSA) is 125 Å². The number of imidazole rings is 1. The summed E-state index contributed by atoms with van der Waals surface area (Å²) in [6.07, 6.45) is 3.52. The summed E-state index contributed by atoms with van der Waals surface area (Å²) in [5.74, 6) is 0.422. The van der Waals surface area contributed by atoms with Crippen LogP contribution in [0.3, 0.4) is 0 Å². The molecule has 0 aliphatic heterocycles. The summed E-state index contributed by atoms with van der Waals surface area (Å²) in [6.45, 7) is 16.9. The van der Waals surface area contributed by atoms with E-state index in [-0.39, 0.29) is 11.6 Å². The van der Waals surface area contributed by atoms with E-state index >= 15 is 0 Å². The molecule has 0 amide bonds. The summed E-state index contributed by atoms with van der Waals surface area (Å²) in [4.78, 5) is 6.04. The Morgan fingerprint density at radius 3 is 2.41 bits per heavy atom. The van der Waals surface area contributed by atoms with E-state index in [1.807, 2.05) is 51.5 Å². The molecule has 5 rings (SSSR count). The van der Waals surface area contributed by atoms with Gasteiger partial charge in [0.1, 0.15) is 22.8 Å². The van der Waals surface area contributed by atoms with Gasteiger partial charge < -0.3 is 9.29 Å². The lowest BCUT2D eigenvalue weighted by atomic mass is 10.0. The quantitative estimate of drug-likeness (QED) is 0.0442. The minimum Gasteiger partial charge on any atom is -0.591 e. The lowest BCUT2D eigenvalue weighted by Gasteiger charge is -2.21. The Morgan fingerprint density at radius 1 is 1.10 bits per heavy atom. The first-order chi connectivity index (χ1) is 23.0. The van der Waals surface area contributed by atoms with Gasteiger partial charge in [-0.1, -0.05) is 41.7 Å². The molecule has 0 N–H and O–H groups in total. The maximum absolute atomic E-state index is 14.1. The molecule has 0 bridgehead atoms. The fourth-order valence-corrected chi connectivity index (χ4v) is 8.84. The first kappa shape index (κ1) is 36.9. The molecule has 9 nitrogen and oxygen atoms in total. The minimum atomic E-state index is -3.96. The van der Waals surface area contributed by atoms with Gasteiger partial charge in [0.05, 0.1) is 33.1 Å². The highest BCUT2D eigenvalue weighted by Crippen LogP contribution is 2.37. The average Bonchev–Trinajstić information content (AvgIpc) is 3.64. The number of benzene rings is 3. The monoisotopic (exact) mass is 733 g/mol.